The molecule has 0 radical (unpaired) electrons. The molecular weight excluding hydrogens is 288 g/mol. The Hall–Kier alpha value is -2.07. The van der Waals surface area contributed by atoms with Crippen molar-refractivity contribution >= 4 is 28.4 Å². The molecule has 3 rings (SSSR count). The van der Waals surface area contributed by atoms with Crippen LogP contribution in [-0.4, -0.2) is 15.6 Å². The molecule has 1 aromatic carbocycles. The summed E-state index contributed by atoms with van der Waals surface area (Å²) in [7, 11) is 1.87. The van der Waals surface area contributed by atoms with Crippen molar-refractivity contribution in [1.29, 1.82) is 0 Å². The van der Waals surface area contributed by atoms with Gasteiger partial charge in [-0.3, -0.25) is 9.48 Å². The number of aromatic nitrogens is 2. The Morgan fingerprint density at radius 1 is 1.38 bits per heavy atom. The topological polar surface area (TPSA) is 48.0 Å². The Bertz CT molecular complexity index is 845. The number of hydrogen-bond acceptors (Lipinski definition) is 3. The molecule has 0 bridgehead atoms. The number of fused-ring (bicyclic) bond motifs is 1. The SMILES string of the molecule is Cc1nn(C)c(C)c1CC(=O)c1cc2cccc(Cl)c2o1. The van der Waals surface area contributed by atoms with Gasteiger partial charge in [0.1, 0.15) is 0 Å². The van der Waals surface area contributed by atoms with Gasteiger partial charge in [0.25, 0.3) is 0 Å². The summed E-state index contributed by atoms with van der Waals surface area (Å²) in [6.45, 7) is 3.86. The second-order valence-corrected chi connectivity index (χ2v) is 5.55. The van der Waals surface area contributed by atoms with E-state index in [1.54, 1.807) is 16.8 Å². The maximum Gasteiger partial charge on any atom is 0.202 e. The second kappa shape index (κ2) is 5.04. The van der Waals surface area contributed by atoms with Crippen LogP contribution in [0.2, 0.25) is 5.02 Å². The first-order valence-electron chi connectivity index (χ1n) is 6.67. The molecule has 2 heterocycles. The van der Waals surface area contributed by atoms with Crippen molar-refractivity contribution in [2.45, 2.75) is 20.3 Å². The lowest BCUT2D eigenvalue weighted by Crippen LogP contribution is -2.04. The van der Waals surface area contributed by atoms with Crippen molar-refractivity contribution in [1.82, 2.24) is 9.78 Å². The first-order chi connectivity index (χ1) is 9.97. The molecule has 0 amide bonds. The predicted molar refractivity (Wildman–Crippen MR) is 81.9 cm³/mol. The number of benzene rings is 1. The number of aryl methyl sites for hydroxylation is 2. The van der Waals surface area contributed by atoms with E-state index in [1.807, 2.05) is 33.0 Å². The van der Waals surface area contributed by atoms with E-state index in [-0.39, 0.29) is 12.2 Å². The number of furan rings is 1. The van der Waals surface area contributed by atoms with Crippen LogP contribution >= 0.6 is 11.6 Å². The third-order valence-corrected chi connectivity index (χ3v) is 4.06. The summed E-state index contributed by atoms with van der Waals surface area (Å²) in [5, 5.41) is 5.68. The fraction of sp³-hybridized carbons (Fsp3) is 0.250. The van der Waals surface area contributed by atoms with E-state index in [0.717, 1.165) is 22.3 Å². The Kier molecular flexibility index (Phi) is 3.33. The largest absolute Gasteiger partial charge is 0.451 e. The van der Waals surface area contributed by atoms with Crippen molar-refractivity contribution in [2.24, 2.45) is 7.05 Å². The number of rotatable bonds is 3. The molecule has 0 fully saturated rings. The molecule has 3 aromatic rings. The maximum atomic E-state index is 12.4. The van der Waals surface area contributed by atoms with E-state index in [9.17, 15) is 4.79 Å². The maximum absolute atomic E-state index is 12.4. The van der Waals surface area contributed by atoms with Crippen molar-refractivity contribution in [2.75, 3.05) is 0 Å². The lowest BCUT2D eigenvalue weighted by molar-refractivity contribution is 0.0968. The van der Waals surface area contributed by atoms with Gasteiger partial charge in [0, 0.05) is 30.1 Å². The van der Waals surface area contributed by atoms with Crippen LogP contribution in [0.25, 0.3) is 11.0 Å². The molecule has 4 nitrogen and oxygen atoms in total. The normalized spacial score (nSPS) is 11.2. The zero-order valence-corrected chi connectivity index (χ0v) is 12.9. The molecule has 21 heavy (non-hydrogen) atoms. The Balaban J connectivity index is 1.95. The number of carbonyl (C=O) groups excluding carboxylic acids is 1. The highest BCUT2D eigenvalue weighted by atomic mass is 35.5. The minimum atomic E-state index is -0.0681. The summed E-state index contributed by atoms with van der Waals surface area (Å²) in [6.07, 6.45) is 0.281. The first-order valence-corrected chi connectivity index (χ1v) is 7.05. The second-order valence-electron chi connectivity index (χ2n) is 5.14. The zero-order valence-electron chi connectivity index (χ0n) is 12.1. The van der Waals surface area contributed by atoms with Gasteiger partial charge in [0.05, 0.1) is 10.7 Å². The number of carbonyl (C=O) groups is 1. The van der Waals surface area contributed by atoms with Gasteiger partial charge < -0.3 is 4.42 Å². The fourth-order valence-corrected chi connectivity index (χ4v) is 2.71. The van der Waals surface area contributed by atoms with Crippen molar-refractivity contribution in [3.8, 4) is 0 Å². The summed E-state index contributed by atoms with van der Waals surface area (Å²) >= 11 is 6.07. The smallest absolute Gasteiger partial charge is 0.202 e. The third kappa shape index (κ3) is 2.36. The fourth-order valence-electron chi connectivity index (χ4n) is 2.49. The Labute approximate surface area is 127 Å². The van der Waals surface area contributed by atoms with Crippen molar-refractivity contribution < 1.29 is 9.21 Å². The van der Waals surface area contributed by atoms with Gasteiger partial charge in [0.15, 0.2) is 11.3 Å². The van der Waals surface area contributed by atoms with Gasteiger partial charge >= 0.3 is 0 Å². The van der Waals surface area contributed by atoms with Crippen LogP contribution in [0.1, 0.15) is 27.5 Å². The van der Waals surface area contributed by atoms with E-state index in [0.29, 0.717) is 16.4 Å². The molecule has 0 atom stereocenters. The number of Topliss-reactive ketones (excluding diaryl/α,β-unsaturated/α-hetero) is 1. The van der Waals surface area contributed by atoms with Gasteiger partial charge in [-0.05, 0) is 26.0 Å². The minimum Gasteiger partial charge on any atom is -0.451 e. The van der Waals surface area contributed by atoms with Crippen LogP contribution in [0.3, 0.4) is 0 Å². The Morgan fingerprint density at radius 3 is 2.76 bits per heavy atom. The van der Waals surface area contributed by atoms with Crippen molar-refractivity contribution in [3.63, 3.8) is 0 Å². The molecular formula is C16H15ClN2O2. The predicted octanol–water partition coefficient (Wildman–Crippen LogP) is 3.86. The van der Waals surface area contributed by atoms with Crippen LogP contribution in [-0.2, 0) is 13.5 Å². The highest BCUT2D eigenvalue weighted by Gasteiger charge is 2.18. The lowest BCUT2D eigenvalue weighted by atomic mass is 10.1. The van der Waals surface area contributed by atoms with Crippen LogP contribution < -0.4 is 0 Å². The van der Waals surface area contributed by atoms with Crippen LogP contribution in [0.4, 0.5) is 0 Å². The van der Waals surface area contributed by atoms with E-state index < -0.39 is 0 Å². The van der Waals surface area contributed by atoms with Gasteiger partial charge in [-0.2, -0.15) is 5.10 Å². The molecule has 0 aliphatic carbocycles. The molecule has 108 valence electrons. The summed E-state index contributed by atoms with van der Waals surface area (Å²) in [5.41, 5.74) is 3.38. The minimum absolute atomic E-state index is 0.0681. The van der Waals surface area contributed by atoms with E-state index in [1.165, 1.54) is 0 Å². The summed E-state index contributed by atoms with van der Waals surface area (Å²) in [5.74, 6) is 0.266. The van der Waals surface area contributed by atoms with E-state index in [2.05, 4.69) is 5.10 Å². The molecule has 0 saturated heterocycles. The zero-order chi connectivity index (χ0) is 15.1. The summed E-state index contributed by atoms with van der Waals surface area (Å²) in [6, 6.07) is 7.20. The number of hydrogen-bond donors (Lipinski definition) is 0. The molecule has 0 spiro atoms. The van der Waals surface area contributed by atoms with Gasteiger partial charge in [0.2, 0.25) is 5.78 Å². The number of para-hydroxylation sites is 1. The standard InChI is InChI=1S/C16H15ClN2O2/c1-9-12(10(2)19(3)18-9)8-14(20)15-7-11-5-4-6-13(17)16(11)21-15/h4-7H,8H2,1-3H3. The number of halogens is 1. The average Bonchev–Trinajstić information content (AvgIpc) is 2.97. The average molecular weight is 303 g/mol. The number of nitrogens with zero attached hydrogens (tertiary/aromatic N) is 2. The van der Waals surface area contributed by atoms with Crippen LogP contribution in [0.15, 0.2) is 28.7 Å². The van der Waals surface area contributed by atoms with E-state index >= 15 is 0 Å². The molecule has 0 unspecified atom stereocenters. The van der Waals surface area contributed by atoms with E-state index in [4.69, 9.17) is 16.0 Å². The third-order valence-electron chi connectivity index (χ3n) is 3.77. The first kappa shape index (κ1) is 13.9. The Morgan fingerprint density at radius 2 is 2.14 bits per heavy atom. The highest BCUT2D eigenvalue weighted by molar-refractivity contribution is 6.34. The molecule has 0 aliphatic heterocycles. The summed E-state index contributed by atoms with van der Waals surface area (Å²) < 4.78 is 7.40. The van der Waals surface area contributed by atoms with Gasteiger partial charge in [-0.25, -0.2) is 0 Å². The quantitative estimate of drug-likeness (QED) is 0.690. The summed E-state index contributed by atoms with van der Waals surface area (Å²) in [4.78, 5) is 12.4. The molecule has 0 N–H and O–H groups in total. The highest BCUT2D eigenvalue weighted by Crippen LogP contribution is 2.27. The number of ketones is 1. The van der Waals surface area contributed by atoms with Gasteiger partial charge in [-0.15, -0.1) is 0 Å². The molecule has 2 aromatic heterocycles. The monoisotopic (exact) mass is 302 g/mol. The molecule has 0 aliphatic rings. The molecule has 5 heteroatoms. The van der Waals surface area contributed by atoms with Crippen LogP contribution in [0, 0.1) is 13.8 Å². The lowest BCUT2D eigenvalue weighted by Gasteiger charge is -1.99. The molecule has 0 saturated carbocycles. The van der Waals surface area contributed by atoms with Crippen molar-refractivity contribution in [3.05, 3.63) is 52.0 Å². The van der Waals surface area contributed by atoms with Crippen LogP contribution in [0.5, 0.6) is 0 Å². The van der Waals surface area contributed by atoms with Gasteiger partial charge in [-0.1, -0.05) is 23.7 Å².